The predicted molar refractivity (Wildman–Crippen MR) is 60.2 cm³/mol. The van der Waals surface area contributed by atoms with Crippen LogP contribution in [0.15, 0.2) is 0 Å². The third-order valence-corrected chi connectivity index (χ3v) is 4.77. The Morgan fingerprint density at radius 2 is 1.92 bits per heavy atom. The number of rotatable bonds is 1. The molecule has 2 heteroatoms. The molecule has 2 aliphatic rings. The zero-order valence-corrected chi connectivity index (χ0v) is 10.1. The first kappa shape index (κ1) is 9.25. The van der Waals surface area contributed by atoms with Gasteiger partial charge in [-0.25, -0.2) is 3.11 Å². The average Bonchev–Trinajstić information content (AvgIpc) is 1.96. The highest BCUT2D eigenvalue weighted by atomic mass is 127. The first-order valence-corrected chi connectivity index (χ1v) is 6.07. The minimum absolute atomic E-state index is 0.837. The summed E-state index contributed by atoms with van der Waals surface area (Å²) >= 11 is 2.53. The monoisotopic (exact) mass is 279 g/mol. The van der Waals surface area contributed by atoms with Crippen LogP contribution in [0.2, 0.25) is 0 Å². The number of nitrogens with zero attached hydrogens (tertiary/aromatic N) is 1. The number of fused-ring (bicyclic) bond motifs is 1. The molecule has 0 spiro atoms. The van der Waals surface area contributed by atoms with E-state index >= 15 is 0 Å². The van der Waals surface area contributed by atoms with Gasteiger partial charge in [0.25, 0.3) is 0 Å². The van der Waals surface area contributed by atoms with E-state index in [1.54, 1.807) is 0 Å². The van der Waals surface area contributed by atoms with Crippen LogP contribution in [0.5, 0.6) is 0 Å². The summed E-state index contributed by atoms with van der Waals surface area (Å²) in [6, 6.07) is 0.854. The summed E-state index contributed by atoms with van der Waals surface area (Å²) in [7, 11) is 0. The summed E-state index contributed by atoms with van der Waals surface area (Å²) in [6.07, 6.45) is 4.47. The van der Waals surface area contributed by atoms with Gasteiger partial charge in [0, 0.05) is 35.5 Å². The van der Waals surface area contributed by atoms with Crippen LogP contribution < -0.4 is 0 Å². The first-order valence-electron chi connectivity index (χ1n) is 5.11. The van der Waals surface area contributed by atoms with Crippen LogP contribution in [0, 0.1) is 17.8 Å². The van der Waals surface area contributed by atoms with E-state index < -0.39 is 0 Å². The Kier molecular flexibility index (Phi) is 2.66. The van der Waals surface area contributed by atoms with Gasteiger partial charge in [-0.2, -0.15) is 0 Å². The summed E-state index contributed by atoms with van der Waals surface area (Å²) in [5, 5.41) is 0. The van der Waals surface area contributed by atoms with Crippen molar-refractivity contribution in [2.45, 2.75) is 39.2 Å². The Morgan fingerprint density at radius 3 is 2.42 bits per heavy atom. The molecule has 0 aromatic rings. The lowest BCUT2D eigenvalue weighted by Crippen LogP contribution is -2.48. The summed E-state index contributed by atoms with van der Waals surface area (Å²) in [4.78, 5) is 0. The Bertz CT molecular complexity index is 169. The van der Waals surface area contributed by atoms with Gasteiger partial charge in [-0.05, 0) is 37.0 Å². The number of hydrogen-bond donors (Lipinski definition) is 0. The second-order valence-corrected chi connectivity index (χ2v) is 5.97. The predicted octanol–water partition coefficient (Wildman–Crippen LogP) is 3.09. The Hall–Kier alpha value is 0.690. The Morgan fingerprint density at radius 1 is 1.25 bits per heavy atom. The molecular formula is C10H18IN. The molecule has 2 rings (SSSR count). The van der Waals surface area contributed by atoms with Crippen LogP contribution in [0.4, 0.5) is 0 Å². The lowest BCUT2D eigenvalue weighted by Gasteiger charge is -2.48. The molecule has 1 nitrogen and oxygen atoms in total. The van der Waals surface area contributed by atoms with Crippen molar-refractivity contribution in [3.05, 3.63) is 0 Å². The zero-order chi connectivity index (χ0) is 8.72. The maximum atomic E-state index is 2.56. The third-order valence-electron chi connectivity index (χ3n) is 3.66. The van der Waals surface area contributed by atoms with Gasteiger partial charge in [-0.15, -0.1) is 0 Å². The van der Waals surface area contributed by atoms with Crippen molar-refractivity contribution in [3.8, 4) is 0 Å². The molecule has 0 aromatic carbocycles. The second kappa shape index (κ2) is 3.45. The van der Waals surface area contributed by atoms with E-state index in [1.807, 2.05) is 0 Å². The third kappa shape index (κ3) is 1.52. The topological polar surface area (TPSA) is 3.24 Å². The van der Waals surface area contributed by atoms with Crippen molar-refractivity contribution in [1.29, 1.82) is 0 Å². The largest absolute Gasteiger partial charge is 0.244 e. The van der Waals surface area contributed by atoms with Crippen LogP contribution in [0.1, 0.15) is 33.1 Å². The Labute approximate surface area is 89.4 Å². The van der Waals surface area contributed by atoms with Gasteiger partial charge in [-0.3, -0.25) is 0 Å². The summed E-state index contributed by atoms with van der Waals surface area (Å²) in [6.45, 7) is 6.07. The van der Waals surface area contributed by atoms with E-state index in [-0.39, 0.29) is 0 Å². The molecule has 3 atom stereocenters. The lowest BCUT2D eigenvalue weighted by molar-refractivity contribution is 0.0494. The average molecular weight is 279 g/mol. The molecule has 1 saturated carbocycles. The quantitative estimate of drug-likeness (QED) is 0.526. The van der Waals surface area contributed by atoms with E-state index in [4.69, 9.17) is 0 Å². The number of piperidine rings is 1. The van der Waals surface area contributed by atoms with Crippen molar-refractivity contribution >= 4 is 22.9 Å². The van der Waals surface area contributed by atoms with E-state index in [0.717, 1.165) is 23.8 Å². The SMILES string of the molecule is CC(C)[C@H]1C[C@@H]2CC[C@@H]2CN1I. The van der Waals surface area contributed by atoms with Crippen LogP contribution in [0.3, 0.4) is 0 Å². The molecule has 1 saturated heterocycles. The minimum atomic E-state index is 0.837. The van der Waals surface area contributed by atoms with E-state index in [2.05, 4.69) is 39.8 Å². The maximum Gasteiger partial charge on any atom is 0.0220 e. The fourth-order valence-corrected chi connectivity index (χ4v) is 3.95. The molecule has 1 heterocycles. The molecule has 0 radical (unpaired) electrons. The van der Waals surface area contributed by atoms with Gasteiger partial charge in [0.1, 0.15) is 0 Å². The van der Waals surface area contributed by atoms with Gasteiger partial charge < -0.3 is 0 Å². The highest BCUT2D eigenvalue weighted by Crippen LogP contribution is 2.44. The molecule has 0 aromatic heterocycles. The lowest BCUT2D eigenvalue weighted by atomic mass is 9.67. The molecule has 0 N–H and O–H groups in total. The summed E-state index contributed by atoms with van der Waals surface area (Å²) in [5.41, 5.74) is 0. The normalized spacial score (nSPS) is 42.5. The standard InChI is InChI=1S/C10H18IN/c1-7(2)10-5-8-3-4-9(8)6-12(10)11/h7-10H,3-6H2,1-2H3/t8-,9+,10+/m0/s1. The highest BCUT2D eigenvalue weighted by Gasteiger charge is 2.40. The molecular weight excluding hydrogens is 261 g/mol. The van der Waals surface area contributed by atoms with Gasteiger partial charge >= 0.3 is 0 Å². The van der Waals surface area contributed by atoms with E-state index in [1.165, 1.54) is 25.8 Å². The highest BCUT2D eigenvalue weighted by molar-refractivity contribution is 14.1. The fourth-order valence-electron chi connectivity index (χ4n) is 2.57. The molecule has 1 aliphatic heterocycles. The summed E-state index contributed by atoms with van der Waals surface area (Å²) in [5.74, 6) is 2.98. The number of hydrogen-bond acceptors (Lipinski definition) is 1. The van der Waals surface area contributed by atoms with Crippen LogP contribution in [-0.4, -0.2) is 15.7 Å². The van der Waals surface area contributed by atoms with Gasteiger partial charge in [-0.1, -0.05) is 13.8 Å². The molecule has 1 aliphatic carbocycles. The van der Waals surface area contributed by atoms with Crippen LogP contribution in [-0.2, 0) is 0 Å². The smallest absolute Gasteiger partial charge is 0.0220 e. The molecule has 2 fully saturated rings. The van der Waals surface area contributed by atoms with Crippen molar-refractivity contribution in [3.63, 3.8) is 0 Å². The van der Waals surface area contributed by atoms with Gasteiger partial charge in [0.05, 0.1) is 0 Å². The zero-order valence-electron chi connectivity index (χ0n) is 7.96. The molecule has 0 bridgehead atoms. The fraction of sp³-hybridized carbons (Fsp3) is 1.00. The van der Waals surface area contributed by atoms with E-state index in [9.17, 15) is 0 Å². The van der Waals surface area contributed by atoms with Crippen molar-refractivity contribution < 1.29 is 0 Å². The van der Waals surface area contributed by atoms with Crippen LogP contribution >= 0.6 is 22.9 Å². The summed E-state index contributed by atoms with van der Waals surface area (Å²) < 4.78 is 2.56. The van der Waals surface area contributed by atoms with Crippen LogP contribution in [0.25, 0.3) is 0 Å². The molecule has 0 amide bonds. The van der Waals surface area contributed by atoms with E-state index in [0.29, 0.717) is 0 Å². The molecule has 0 unspecified atom stereocenters. The molecule has 70 valence electrons. The maximum absolute atomic E-state index is 2.56. The van der Waals surface area contributed by atoms with Crippen molar-refractivity contribution in [2.75, 3.05) is 6.54 Å². The van der Waals surface area contributed by atoms with Gasteiger partial charge in [0.15, 0.2) is 0 Å². The first-order chi connectivity index (χ1) is 5.68. The Balaban J connectivity index is 1.97. The minimum Gasteiger partial charge on any atom is -0.244 e. The van der Waals surface area contributed by atoms with Crippen molar-refractivity contribution in [2.24, 2.45) is 17.8 Å². The second-order valence-electron chi connectivity index (χ2n) is 4.73. The van der Waals surface area contributed by atoms with Gasteiger partial charge in [0.2, 0.25) is 0 Å². The molecule has 12 heavy (non-hydrogen) atoms. The number of halogens is 1. The van der Waals surface area contributed by atoms with Crippen molar-refractivity contribution in [1.82, 2.24) is 3.11 Å².